The molecule has 0 saturated carbocycles. The fourth-order valence-corrected chi connectivity index (χ4v) is 3.62. The lowest BCUT2D eigenvalue weighted by molar-refractivity contribution is 0.130. The average molecular weight is 379 g/mol. The molecule has 27 heavy (non-hydrogen) atoms. The van der Waals surface area contributed by atoms with Gasteiger partial charge >= 0.3 is 0 Å². The summed E-state index contributed by atoms with van der Waals surface area (Å²) in [5.74, 6) is 7.69. The highest BCUT2D eigenvalue weighted by Crippen LogP contribution is 2.20. The van der Waals surface area contributed by atoms with Crippen molar-refractivity contribution in [2.75, 3.05) is 0 Å². The van der Waals surface area contributed by atoms with Crippen LogP contribution in [0.1, 0.15) is 137 Å². The standard InChI is InChI=1S/C26H50O/c1-5-7-9-11-12-13-14-15-16-18-20-22-26(27)23-25(24(3)4)21-19-17-10-8-6-2/h24-27H,5-18,20,22-23H2,1-4H3/t25-,26+/m1/s1. The molecule has 0 aliphatic rings. The molecule has 0 fully saturated rings. The topological polar surface area (TPSA) is 20.2 Å². The van der Waals surface area contributed by atoms with Gasteiger partial charge in [0.1, 0.15) is 0 Å². The van der Waals surface area contributed by atoms with Crippen LogP contribution in [-0.4, -0.2) is 11.2 Å². The summed E-state index contributed by atoms with van der Waals surface area (Å²) in [6, 6.07) is 0. The smallest absolute Gasteiger partial charge is 0.0552 e. The Hall–Kier alpha value is -0.480. The maximum atomic E-state index is 10.4. The van der Waals surface area contributed by atoms with Crippen LogP contribution in [0.25, 0.3) is 0 Å². The molecule has 0 saturated heterocycles. The van der Waals surface area contributed by atoms with Crippen LogP contribution in [0.5, 0.6) is 0 Å². The lowest BCUT2D eigenvalue weighted by Gasteiger charge is -2.19. The maximum Gasteiger partial charge on any atom is 0.0552 e. The van der Waals surface area contributed by atoms with Gasteiger partial charge in [-0.25, -0.2) is 0 Å². The van der Waals surface area contributed by atoms with Crippen molar-refractivity contribution in [1.82, 2.24) is 0 Å². The lowest BCUT2D eigenvalue weighted by atomic mass is 9.89. The summed E-state index contributed by atoms with van der Waals surface area (Å²) in [5.41, 5.74) is 0. The lowest BCUT2D eigenvalue weighted by Crippen LogP contribution is -2.16. The van der Waals surface area contributed by atoms with E-state index >= 15 is 0 Å². The highest BCUT2D eigenvalue weighted by molar-refractivity contribution is 5.05. The molecule has 0 rings (SSSR count). The van der Waals surface area contributed by atoms with Crippen LogP contribution in [0.4, 0.5) is 0 Å². The van der Waals surface area contributed by atoms with E-state index in [2.05, 4.69) is 39.5 Å². The Morgan fingerprint density at radius 3 is 1.67 bits per heavy atom. The second-order valence-electron chi connectivity index (χ2n) is 8.84. The van der Waals surface area contributed by atoms with E-state index in [9.17, 15) is 5.11 Å². The first-order chi connectivity index (χ1) is 13.1. The van der Waals surface area contributed by atoms with Gasteiger partial charge in [0.05, 0.1) is 6.10 Å². The molecule has 0 aromatic carbocycles. The van der Waals surface area contributed by atoms with Gasteiger partial charge in [0, 0.05) is 12.3 Å². The number of unbranched alkanes of at least 4 members (excludes halogenated alkanes) is 13. The highest BCUT2D eigenvalue weighted by Gasteiger charge is 2.15. The molecule has 0 aliphatic carbocycles. The van der Waals surface area contributed by atoms with E-state index in [-0.39, 0.29) is 6.10 Å². The first-order valence-electron chi connectivity index (χ1n) is 12.3. The fraction of sp³-hybridized carbons (Fsp3) is 0.923. The molecule has 0 aromatic rings. The number of hydrogen-bond acceptors (Lipinski definition) is 1. The minimum absolute atomic E-state index is 0.166. The van der Waals surface area contributed by atoms with Crippen LogP contribution in [0.3, 0.4) is 0 Å². The molecule has 2 atom stereocenters. The molecule has 0 spiro atoms. The fourth-order valence-electron chi connectivity index (χ4n) is 3.62. The molecule has 0 aliphatic heterocycles. The SMILES string of the molecule is CCCCCC#C[C@H](C[C@@H](O)CCCCCCCCCCCCC)C(C)C. The first kappa shape index (κ1) is 26.5. The molecule has 0 aromatic heterocycles. The van der Waals surface area contributed by atoms with Crippen LogP contribution in [0.2, 0.25) is 0 Å². The van der Waals surface area contributed by atoms with Crippen LogP contribution < -0.4 is 0 Å². The van der Waals surface area contributed by atoms with E-state index in [1.807, 2.05) is 0 Å². The predicted octanol–water partition coefficient (Wildman–Crippen LogP) is 8.29. The Kier molecular flexibility index (Phi) is 19.9. The van der Waals surface area contributed by atoms with E-state index in [1.54, 1.807) is 0 Å². The van der Waals surface area contributed by atoms with Gasteiger partial charge in [0.2, 0.25) is 0 Å². The number of rotatable bonds is 18. The average Bonchev–Trinajstić information content (AvgIpc) is 2.64. The van der Waals surface area contributed by atoms with Gasteiger partial charge in [-0.05, 0) is 25.2 Å². The second kappa shape index (κ2) is 20.3. The van der Waals surface area contributed by atoms with Crippen LogP contribution >= 0.6 is 0 Å². The minimum atomic E-state index is -0.166. The molecule has 1 heteroatoms. The van der Waals surface area contributed by atoms with Crippen molar-refractivity contribution in [2.45, 2.75) is 143 Å². The number of aliphatic hydroxyl groups is 1. The molecular weight excluding hydrogens is 328 g/mol. The Bertz CT molecular complexity index is 349. The monoisotopic (exact) mass is 378 g/mol. The zero-order valence-corrected chi connectivity index (χ0v) is 19.2. The first-order valence-corrected chi connectivity index (χ1v) is 12.3. The van der Waals surface area contributed by atoms with Crippen LogP contribution in [0.15, 0.2) is 0 Å². The van der Waals surface area contributed by atoms with E-state index in [1.165, 1.54) is 89.9 Å². The summed E-state index contributed by atoms with van der Waals surface area (Å²) in [6.07, 6.45) is 21.4. The summed E-state index contributed by atoms with van der Waals surface area (Å²) < 4.78 is 0. The predicted molar refractivity (Wildman–Crippen MR) is 122 cm³/mol. The van der Waals surface area contributed by atoms with Crippen molar-refractivity contribution in [3.63, 3.8) is 0 Å². The second-order valence-corrected chi connectivity index (χ2v) is 8.84. The minimum Gasteiger partial charge on any atom is -0.393 e. The van der Waals surface area contributed by atoms with Gasteiger partial charge in [0.15, 0.2) is 0 Å². The van der Waals surface area contributed by atoms with Gasteiger partial charge in [-0.15, -0.1) is 5.92 Å². The molecule has 1 nitrogen and oxygen atoms in total. The Balaban J connectivity index is 3.67. The maximum absolute atomic E-state index is 10.4. The highest BCUT2D eigenvalue weighted by atomic mass is 16.3. The van der Waals surface area contributed by atoms with Gasteiger partial charge in [0.25, 0.3) is 0 Å². The summed E-state index contributed by atoms with van der Waals surface area (Å²) in [5, 5.41) is 10.4. The third-order valence-corrected chi connectivity index (χ3v) is 5.66. The third-order valence-electron chi connectivity index (χ3n) is 5.66. The van der Waals surface area contributed by atoms with Crippen molar-refractivity contribution in [1.29, 1.82) is 0 Å². The van der Waals surface area contributed by atoms with Crippen molar-refractivity contribution in [2.24, 2.45) is 11.8 Å². The summed E-state index contributed by atoms with van der Waals surface area (Å²) in [7, 11) is 0. The van der Waals surface area contributed by atoms with Gasteiger partial charge < -0.3 is 5.11 Å². The molecule has 0 unspecified atom stereocenters. The van der Waals surface area contributed by atoms with Gasteiger partial charge in [-0.3, -0.25) is 0 Å². The van der Waals surface area contributed by atoms with Crippen molar-refractivity contribution >= 4 is 0 Å². The van der Waals surface area contributed by atoms with Crippen molar-refractivity contribution in [3.05, 3.63) is 0 Å². The zero-order chi connectivity index (χ0) is 20.2. The van der Waals surface area contributed by atoms with E-state index in [0.717, 1.165) is 19.3 Å². The normalized spacial score (nSPS) is 13.4. The van der Waals surface area contributed by atoms with Gasteiger partial charge in [-0.2, -0.15) is 0 Å². The van der Waals surface area contributed by atoms with Crippen molar-refractivity contribution in [3.8, 4) is 11.8 Å². The van der Waals surface area contributed by atoms with Crippen LogP contribution in [-0.2, 0) is 0 Å². The van der Waals surface area contributed by atoms with Crippen molar-refractivity contribution < 1.29 is 5.11 Å². The number of aliphatic hydroxyl groups excluding tert-OH is 1. The summed E-state index contributed by atoms with van der Waals surface area (Å²) in [6.45, 7) is 8.98. The van der Waals surface area contributed by atoms with E-state index < -0.39 is 0 Å². The Morgan fingerprint density at radius 2 is 1.15 bits per heavy atom. The Labute approximate surface area is 172 Å². The van der Waals surface area contributed by atoms with Gasteiger partial charge in [-0.1, -0.05) is 117 Å². The summed E-state index contributed by atoms with van der Waals surface area (Å²) in [4.78, 5) is 0. The molecule has 0 heterocycles. The quantitative estimate of drug-likeness (QED) is 0.188. The largest absolute Gasteiger partial charge is 0.393 e. The zero-order valence-electron chi connectivity index (χ0n) is 19.2. The Morgan fingerprint density at radius 1 is 0.667 bits per heavy atom. The molecule has 0 amide bonds. The summed E-state index contributed by atoms with van der Waals surface area (Å²) >= 11 is 0. The molecule has 0 radical (unpaired) electrons. The van der Waals surface area contributed by atoms with E-state index in [0.29, 0.717) is 11.8 Å². The molecule has 1 N–H and O–H groups in total. The van der Waals surface area contributed by atoms with Crippen LogP contribution in [0, 0.1) is 23.7 Å². The van der Waals surface area contributed by atoms with E-state index in [4.69, 9.17) is 0 Å². The molecule has 160 valence electrons. The third kappa shape index (κ3) is 18.6. The molecular formula is C26H50O. The molecule has 0 bridgehead atoms. The number of hydrogen-bond donors (Lipinski definition) is 1.